The fourth-order valence-electron chi connectivity index (χ4n) is 4.45. The van der Waals surface area contributed by atoms with Crippen molar-refractivity contribution in [3.05, 3.63) is 29.7 Å². The topological polar surface area (TPSA) is 42.7 Å². The maximum Gasteiger partial charge on any atom is 0.310 e. The Labute approximate surface area is 118 Å². The summed E-state index contributed by atoms with van der Waals surface area (Å²) in [5.74, 6) is 0.327. The highest BCUT2D eigenvalue weighted by Crippen LogP contribution is 2.50. The normalized spacial score (nSPS) is 40.2. The number of piperidine rings is 3. The fourth-order valence-corrected chi connectivity index (χ4v) is 4.45. The summed E-state index contributed by atoms with van der Waals surface area (Å²) in [7, 11) is 1.51. The second-order valence-corrected chi connectivity index (χ2v) is 6.14. The van der Waals surface area contributed by atoms with Gasteiger partial charge in [-0.05, 0) is 31.2 Å². The molecule has 0 amide bonds. The minimum Gasteiger partial charge on any atom is -0.472 e. The second-order valence-electron chi connectivity index (χ2n) is 6.14. The number of nitrogens with zero attached hydrogens (tertiary/aromatic N) is 1. The van der Waals surface area contributed by atoms with Gasteiger partial charge in [0.05, 0.1) is 25.6 Å². The lowest BCUT2D eigenvalue weighted by Gasteiger charge is -2.50. The van der Waals surface area contributed by atoms with Crippen LogP contribution in [0.25, 0.3) is 6.08 Å². The number of fused-ring (bicyclic) bond motifs is 1. The van der Waals surface area contributed by atoms with Crippen molar-refractivity contribution in [2.75, 3.05) is 13.7 Å². The summed E-state index contributed by atoms with van der Waals surface area (Å²) < 4.78 is 10.2. The summed E-state index contributed by atoms with van der Waals surface area (Å²) in [6.45, 7) is 0.999. The van der Waals surface area contributed by atoms with Crippen molar-refractivity contribution in [2.24, 2.45) is 11.8 Å². The smallest absolute Gasteiger partial charge is 0.310 e. The molecule has 5 heterocycles. The maximum absolute atomic E-state index is 12.2. The number of rotatable bonds is 2. The molecule has 1 aromatic rings. The molecular formula is C16H19NO3. The van der Waals surface area contributed by atoms with Gasteiger partial charge in [0.2, 0.25) is 0 Å². The van der Waals surface area contributed by atoms with E-state index in [9.17, 15) is 4.79 Å². The molecule has 20 heavy (non-hydrogen) atoms. The summed E-state index contributed by atoms with van der Waals surface area (Å²) in [6.07, 6.45) is 9.10. The molecule has 0 aliphatic carbocycles. The van der Waals surface area contributed by atoms with Crippen molar-refractivity contribution in [2.45, 2.75) is 31.3 Å². The first kappa shape index (κ1) is 12.2. The molecule has 0 aromatic carbocycles. The minimum absolute atomic E-state index is 0.0191. The number of carbonyl (C=O) groups excluding carboxylic acids is 1. The first-order valence-corrected chi connectivity index (χ1v) is 7.34. The molecule has 4 fully saturated rings. The number of furan rings is 1. The van der Waals surface area contributed by atoms with Gasteiger partial charge < -0.3 is 9.15 Å². The zero-order valence-corrected chi connectivity index (χ0v) is 11.6. The molecule has 2 unspecified atom stereocenters. The first-order valence-electron chi connectivity index (χ1n) is 7.34. The van der Waals surface area contributed by atoms with Gasteiger partial charge in [-0.1, -0.05) is 11.6 Å². The van der Waals surface area contributed by atoms with Gasteiger partial charge in [0.25, 0.3) is 0 Å². The molecule has 4 nitrogen and oxygen atoms in total. The predicted molar refractivity (Wildman–Crippen MR) is 73.8 cm³/mol. The van der Waals surface area contributed by atoms with Crippen LogP contribution in [0.1, 0.15) is 24.8 Å². The zero-order valence-electron chi connectivity index (χ0n) is 11.6. The van der Waals surface area contributed by atoms with E-state index in [2.05, 4.69) is 11.0 Å². The van der Waals surface area contributed by atoms with E-state index >= 15 is 0 Å². The van der Waals surface area contributed by atoms with Crippen molar-refractivity contribution in [1.82, 2.24) is 4.90 Å². The lowest BCUT2D eigenvalue weighted by molar-refractivity contribution is -0.153. The van der Waals surface area contributed by atoms with Crippen LogP contribution in [0.15, 0.2) is 28.6 Å². The van der Waals surface area contributed by atoms with E-state index in [1.54, 1.807) is 12.5 Å². The monoisotopic (exact) mass is 273 g/mol. The Morgan fingerprint density at radius 1 is 1.50 bits per heavy atom. The van der Waals surface area contributed by atoms with E-state index in [1.807, 2.05) is 6.07 Å². The van der Waals surface area contributed by atoms with Gasteiger partial charge >= 0.3 is 5.97 Å². The number of hydrogen-bond donors (Lipinski definition) is 0. The van der Waals surface area contributed by atoms with Crippen LogP contribution < -0.4 is 0 Å². The summed E-state index contributed by atoms with van der Waals surface area (Å²) in [4.78, 5) is 14.7. The summed E-state index contributed by atoms with van der Waals surface area (Å²) in [6, 6.07) is 3.03. The van der Waals surface area contributed by atoms with E-state index in [0.717, 1.165) is 24.9 Å². The largest absolute Gasteiger partial charge is 0.472 e. The van der Waals surface area contributed by atoms with E-state index in [-0.39, 0.29) is 11.9 Å². The van der Waals surface area contributed by atoms with Crippen LogP contribution in [0.4, 0.5) is 0 Å². The Morgan fingerprint density at radius 3 is 3.15 bits per heavy atom. The summed E-state index contributed by atoms with van der Waals surface area (Å²) >= 11 is 0. The molecule has 0 radical (unpaired) electrons. The predicted octanol–water partition coefficient (Wildman–Crippen LogP) is 2.32. The van der Waals surface area contributed by atoms with Crippen molar-refractivity contribution >= 4 is 12.0 Å². The first-order chi connectivity index (χ1) is 9.78. The highest BCUT2D eigenvalue weighted by Gasteiger charge is 2.55. The minimum atomic E-state index is -0.0388. The molecule has 1 aromatic heterocycles. The molecule has 106 valence electrons. The third-order valence-electron chi connectivity index (χ3n) is 5.27. The maximum atomic E-state index is 12.2. The number of esters is 1. The van der Waals surface area contributed by atoms with Crippen molar-refractivity contribution in [1.29, 1.82) is 0 Å². The second kappa shape index (κ2) is 4.48. The highest BCUT2D eigenvalue weighted by atomic mass is 16.5. The van der Waals surface area contributed by atoms with Crippen LogP contribution >= 0.6 is 0 Å². The Morgan fingerprint density at radius 2 is 2.40 bits per heavy atom. The SMILES string of the molecule is COC(=O)[C@H]1C2CC[C@@H]3C[C@@H]1/C(=C/c1ccoc1)CN23. The Balaban J connectivity index is 1.70. The molecule has 0 N–H and O–H groups in total. The number of carbonyl (C=O) groups is 1. The van der Waals surface area contributed by atoms with Gasteiger partial charge in [0.1, 0.15) is 0 Å². The highest BCUT2D eigenvalue weighted by molar-refractivity contribution is 5.75. The van der Waals surface area contributed by atoms with Gasteiger partial charge in [0.15, 0.2) is 0 Å². The third kappa shape index (κ3) is 1.67. The molecule has 4 bridgehead atoms. The van der Waals surface area contributed by atoms with Gasteiger partial charge in [-0.2, -0.15) is 0 Å². The summed E-state index contributed by atoms with van der Waals surface area (Å²) in [5.41, 5.74) is 2.45. The van der Waals surface area contributed by atoms with E-state index in [1.165, 1.54) is 19.1 Å². The molecule has 4 aliphatic rings. The molecular weight excluding hydrogens is 254 g/mol. The van der Waals surface area contributed by atoms with Crippen molar-refractivity contribution in [3.8, 4) is 0 Å². The van der Waals surface area contributed by atoms with Crippen molar-refractivity contribution in [3.63, 3.8) is 0 Å². The van der Waals surface area contributed by atoms with Crippen LogP contribution in [0.3, 0.4) is 0 Å². The van der Waals surface area contributed by atoms with Crippen LogP contribution in [0, 0.1) is 11.8 Å². The lowest BCUT2D eigenvalue weighted by Crippen LogP contribution is -2.58. The number of hydrogen-bond acceptors (Lipinski definition) is 4. The standard InChI is InChI=1S/C16H19NO3/c1-19-16(18)15-13-7-12-2-3-14(15)17(12)8-11(13)6-10-4-5-20-9-10/h4-6,9,12-15H,2-3,7-8H2,1H3/b11-6+/t12-,13-,14?,15-/m1/s1. The molecule has 5 rings (SSSR count). The average molecular weight is 273 g/mol. The molecule has 0 spiro atoms. The van der Waals surface area contributed by atoms with E-state index < -0.39 is 0 Å². The van der Waals surface area contributed by atoms with Crippen molar-refractivity contribution < 1.29 is 13.9 Å². The van der Waals surface area contributed by atoms with Gasteiger partial charge in [-0.15, -0.1) is 0 Å². The van der Waals surface area contributed by atoms with Crippen LogP contribution in [-0.2, 0) is 9.53 Å². The van der Waals surface area contributed by atoms with Crippen LogP contribution in [0.5, 0.6) is 0 Å². The van der Waals surface area contributed by atoms with Gasteiger partial charge in [-0.3, -0.25) is 9.69 Å². The fraction of sp³-hybridized carbons (Fsp3) is 0.562. The zero-order chi connectivity index (χ0) is 13.7. The third-order valence-corrected chi connectivity index (χ3v) is 5.27. The van der Waals surface area contributed by atoms with Crippen LogP contribution in [0.2, 0.25) is 0 Å². The molecule has 4 aliphatic heterocycles. The number of ether oxygens (including phenoxy) is 1. The van der Waals surface area contributed by atoms with E-state index in [4.69, 9.17) is 9.15 Å². The number of methoxy groups -OCH3 is 1. The quantitative estimate of drug-likeness (QED) is 0.776. The Kier molecular flexibility index (Phi) is 2.74. The lowest BCUT2D eigenvalue weighted by atomic mass is 9.71. The van der Waals surface area contributed by atoms with E-state index in [0.29, 0.717) is 18.0 Å². The Hall–Kier alpha value is -1.55. The average Bonchev–Trinajstić information content (AvgIpc) is 3.07. The molecule has 4 saturated heterocycles. The van der Waals surface area contributed by atoms with Crippen LogP contribution in [-0.4, -0.2) is 36.6 Å². The van der Waals surface area contributed by atoms with Gasteiger partial charge in [0, 0.05) is 24.2 Å². The Bertz CT molecular complexity index is 548. The van der Waals surface area contributed by atoms with Gasteiger partial charge in [-0.25, -0.2) is 0 Å². The molecule has 0 saturated carbocycles. The molecule has 5 atom stereocenters. The molecule has 4 heteroatoms. The summed E-state index contributed by atoms with van der Waals surface area (Å²) in [5, 5.41) is 0.